The molecule has 0 aromatic heterocycles. The molecule has 0 unspecified atom stereocenters. The Morgan fingerprint density at radius 3 is 2.67 bits per heavy atom. The normalized spacial score (nSPS) is 11.6. The lowest BCUT2D eigenvalue weighted by Crippen LogP contribution is -2.19. The molecule has 3 nitrogen and oxygen atoms in total. The number of methoxy groups -OCH3 is 1. The fourth-order valence-corrected chi connectivity index (χ4v) is 2.21. The van der Waals surface area contributed by atoms with E-state index < -0.39 is 0 Å². The van der Waals surface area contributed by atoms with Crippen LogP contribution in [-0.4, -0.2) is 20.4 Å². The maximum Gasteiger partial charge on any atom is 0.188 e. The average Bonchev–Trinajstić information content (AvgIpc) is 2.35. The second kappa shape index (κ2) is 7.12. The Labute approximate surface area is 118 Å². The van der Waals surface area contributed by atoms with Crippen LogP contribution in [0.4, 0.5) is 0 Å². The summed E-state index contributed by atoms with van der Waals surface area (Å²) in [4.78, 5) is 0. The lowest BCUT2D eigenvalue weighted by Gasteiger charge is -2.26. The summed E-state index contributed by atoms with van der Waals surface area (Å²) in [5, 5.41) is 0. The van der Waals surface area contributed by atoms with E-state index in [1.165, 1.54) is 5.56 Å². The minimum absolute atomic E-state index is 0.102. The van der Waals surface area contributed by atoms with E-state index in [1.54, 1.807) is 7.11 Å². The zero-order valence-corrected chi connectivity index (χ0v) is 12.9. The Hall–Kier alpha value is -0.580. The van der Waals surface area contributed by atoms with Gasteiger partial charge in [0, 0.05) is 7.11 Å². The zero-order valence-electron chi connectivity index (χ0n) is 11.3. The highest BCUT2D eigenvalue weighted by molar-refractivity contribution is 9.10. The van der Waals surface area contributed by atoms with Crippen molar-refractivity contribution in [1.29, 1.82) is 0 Å². The van der Waals surface area contributed by atoms with E-state index in [-0.39, 0.29) is 12.2 Å². The Morgan fingerprint density at radius 1 is 1.33 bits per heavy atom. The smallest absolute Gasteiger partial charge is 0.188 e. The molecule has 0 spiro atoms. The van der Waals surface area contributed by atoms with Crippen molar-refractivity contribution in [2.45, 2.75) is 32.1 Å². The third-order valence-electron chi connectivity index (χ3n) is 3.05. The molecule has 0 atom stereocenters. The Kier molecular flexibility index (Phi) is 6.12. The molecular formula is C14H22BrNO2. The highest BCUT2D eigenvalue weighted by atomic mass is 79.9. The van der Waals surface area contributed by atoms with E-state index in [1.807, 2.05) is 6.07 Å². The van der Waals surface area contributed by atoms with Gasteiger partial charge in [-0.1, -0.05) is 19.9 Å². The van der Waals surface area contributed by atoms with Gasteiger partial charge < -0.3 is 15.2 Å². The number of hydrogen-bond donors (Lipinski definition) is 1. The maximum atomic E-state index is 5.58. The van der Waals surface area contributed by atoms with Gasteiger partial charge in [0.15, 0.2) is 6.79 Å². The molecule has 0 heterocycles. The summed E-state index contributed by atoms with van der Waals surface area (Å²) < 4.78 is 11.4. The van der Waals surface area contributed by atoms with Crippen molar-refractivity contribution in [2.24, 2.45) is 5.73 Å². The highest BCUT2D eigenvalue weighted by Gasteiger charge is 2.21. The van der Waals surface area contributed by atoms with E-state index in [4.69, 9.17) is 15.2 Å². The van der Waals surface area contributed by atoms with E-state index in [2.05, 4.69) is 41.9 Å². The van der Waals surface area contributed by atoms with Crippen molar-refractivity contribution >= 4 is 15.9 Å². The summed E-state index contributed by atoms with van der Waals surface area (Å²) in [5.41, 5.74) is 6.94. The molecule has 0 fully saturated rings. The Bertz CT molecular complexity index is 380. The van der Waals surface area contributed by atoms with Crippen LogP contribution in [0, 0.1) is 0 Å². The van der Waals surface area contributed by atoms with Crippen molar-refractivity contribution in [2.75, 3.05) is 20.4 Å². The fourth-order valence-electron chi connectivity index (χ4n) is 1.85. The highest BCUT2D eigenvalue weighted by Crippen LogP contribution is 2.34. The first-order valence-electron chi connectivity index (χ1n) is 6.13. The van der Waals surface area contributed by atoms with Gasteiger partial charge in [-0.25, -0.2) is 0 Å². The van der Waals surface area contributed by atoms with Crippen molar-refractivity contribution in [3.8, 4) is 5.75 Å². The van der Waals surface area contributed by atoms with Gasteiger partial charge in [0.2, 0.25) is 0 Å². The Morgan fingerprint density at radius 2 is 2.06 bits per heavy atom. The third-order valence-corrected chi connectivity index (χ3v) is 3.71. The van der Waals surface area contributed by atoms with E-state index in [0.29, 0.717) is 0 Å². The van der Waals surface area contributed by atoms with Crippen LogP contribution in [0.2, 0.25) is 0 Å². The molecular weight excluding hydrogens is 294 g/mol. The van der Waals surface area contributed by atoms with Gasteiger partial charge in [0.1, 0.15) is 5.75 Å². The molecule has 0 saturated heterocycles. The summed E-state index contributed by atoms with van der Waals surface area (Å²) >= 11 is 3.48. The summed E-state index contributed by atoms with van der Waals surface area (Å²) in [7, 11) is 1.61. The van der Waals surface area contributed by atoms with Gasteiger partial charge in [-0.15, -0.1) is 0 Å². The van der Waals surface area contributed by atoms with E-state index in [0.717, 1.165) is 29.6 Å². The number of hydrogen-bond acceptors (Lipinski definition) is 3. The number of halogens is 1. The van der Waals surface area contributed by atoms with Gasteiger partial charge in [0.05, 0.1) is 4.47 Å². The lowest BCUT2D eigenvalue weighted by atomic mass is 9.80. The van der Waals surface area contributed by atoms with Crippen LogP contribution < -0.4 is 10.5 Å². The Balaban J connectivity index is 2.88. The van der Waals surface area contributed by atoms with Crippen LogP contribution in [0.5, 0.6) is 5.75 Å². The molecule has 0 radical (unpaired) electrons. The monoisotopic (exact) mass is 315 g/mol. The molecule has 18 heavy (non-hydrogen) atoms. The molecule has 102 valence electrons. The van der Waals surface area contributed by atoms with Gasteiger partial charge in [-0.3, -0.25) is 0 Å². The number of benzene rings is 1. The topological polar surface area (TPSA) is 44.5 Å². The molecule has 0 aliphatic heterocycles. The molecule has 4 heteroatoms. The van der Waals surface area contributed by atoms with Crippen molar-refractivity contribution in [3.05, 3.63) is 28.2 Å². The summed E-state index contributed by atoms with van der Waals surface area (Å²) in [5.74, 6) is 0.815. The van der Waals surface area contributed by atoms with Crippen LogP contribution in [-0.2, 0) is 10.2 Å². The van der Waals surface area contributed by atoms with Crippen LogP contribution in [0.3, 0.4) is 0 Å². The minimum atomic E-state index is 0.102. The molecule has 0 amide bonds. The predicted octanol–water partition coefficient (Wildman–Crippen LogP) is 3.45. The third kappa shape index (κ3) is 4.26. The lowest BCUT2D eigenvalue weighted by molar-refractivity contribution is 0.0504. The first-order chi connectivity index (χ1) is 8.51. The summed E-state index contributed by atoms with van der Waals surface area (Å²) in [6.07, 6.45) is 2.09. The zero-order chi connectivity index (χ0) is 13.6. The molecule has 0 aliphatic carbocycles. The second-order valence-electron chi connectivity index (χ2n) is 4.97. The molecule has 0 aliphatic rings. The summed E-state index contributed by atoms with van der Waals surface area (Å²) in [6, 6.07) is 6.21. The number of ether oxygens (including phenoxy) is 2. The van der Waals surface area contributed by atoms with Crippen LogP contribution in [0.1, 0.15) is 32.3 Å². The molecule has 1 aromatic carbocycles. The van der Waals surface area contributed by atoms with Crippen LogP contribution in [0.15, 0.2) is 22.7 Å². The van der Waals surface area contributed by atoms with Crippen LogP contribution >= 0.6 is 15.9 Å². The quantitative estimate of drug-likeness (QED) is 0.784. The first kappa shape index (κ1) is 15.5. The molecule has 1 rings (SSSR count). The fraction of sp³-hybridized carbons (Fsp3) is 0.571. The predicted molar refractivity (Wildman–Crippen MR) is 78.0 cm³/mol. The molecule has 2 N–H and O–H groups in total. The number of rotatable bonds is 7. The first-order valence-corrected chi connectivity index (χ1v) is 6.92. The largest absolute Gasteiger partial charge is 0.466 e. The van der Waals surface area contributed by atoms with Crippen LogP contribution in [0.25, 0.3) is 0 Å². The maximum absolute atomic E-state index is 5.58. The molecule has 0 saturated carbocycles. The van der Waals surface area contributed by atoms with Gasteiger partial charge >= 0.3 is 0 Å². The van der Waals surface area contributed by atoms with Gasteiger partial charge in [-0.2, -0.15) is 0 Å². The second-order valence-corrected chi connectivity index (χ2v) is 5.83. The minimum Gasteiger partial charge on any atom is -0.466 e. The average molecular weight is 316 g/mol. The van der Waals surface area contributed by atoms with E-state index >= 15 is 0 Å². The van der Waals surface area contributed by atoms with Gasteiger partial charge in [0.25, 0.3) is 0 Å². The molecule has 0 bridgehead atoms. The summed E-state index contributed by atoms with van der Waals surface area (Å²) in [6.45, 7) is 5.44. The van der Waals surface area contributed by atoms with Crippen molar-refractivity contribution < 1.29 is 9.47 Å². The SMILES string of the molecule is COCOc1cc(C(C)(C)CCCN)ccc1Br. The van der Waals surface area contributed by atoms with Crippen molar-refractivity contribution in [3.63, 3.8) is 0 Å². The standard InChI is InChI=1S/C14H22BrNO2/c1-14(2,7-4-8-16)11-5-6-12(15)13(9-11)18-10-17-3/h5-6,9H,4,7-8,10,16H2,1-3H3. The van der Waals surface area contributed by atoms with Crippen molar-refractivity contribution in [1.82, 2.24) is 0 Å². The number of nitrogens with two attached hydrogens (primary N) is 1. The molecule has 1 aromatic rings. The van der Waals surface area contributed by atoms with Gasteiger partial charge in [-0.05, 0) is 58.4 Å². The van der Waals surface area contributed by atoms with E-state index in [9.17, 15) is 0 Å².